The van der Waals surface area contributed by atoms with Crippen LogP contribution in [0.5, 0.6) is 5.75 Å². The topological polar surface area (TPSA) is 123 Å². The van der Waals surface area contributed by atoms with Gasteiger partial charge in [0.2, 0.25) is 17.5 Å². The summed E-state index contributed by atoms with van der Waals surface area (Å²) in [6, 6.07) is 16.7. The standard InChI is InChI=1S/C36H41F4N3O6/c1-3-4-7-16-26(27(44)22-49-34-32(39)30(37)29(31(38)33(34)40)36(47)42-18-17-41-2)43-35(46)25(19-23-12-8-5-9-13-23)20-28(45)48-21-24-14-10-6-11-15-24/h5-6,8-15,25-26,41H,3-4,7,16-22H2,1-2H3,(H,42,47)(H,43,46)/t25-,26+/m1/s1. The number of Topliss-reactive ketones (excluding diaryl/α,β-unsaturated/α-hetero) is 1. The number of rotatable bonds is 20. The molecule has 3 rings (SSSR count). The zero-order chi connectivity index (χ0) is 35.8. The molecule has 0 unspecified atom stereocenters. The second kappa shape index (κ2) is 19.9. The quantitative estimate of drug-likeness (QED) is 0.0647. The molecule has 2 atom stereocenters. The Morgan fingerprint density at radius 1 is 0.796 bits per heavy atom. The van der Waals surface area contributed by atoms with Gasteiger partial charge in [-0.2, -0.15) is 8.78 Å². The third-order valence-electron chi connectivity index (χ3n) is 7.62. The number of unbranched alkanes of at least 4 members (excludes halogenated alkanes) is 2. The molecule has 0 saturated heterocycles. The van der Waals surface area contributed by atoms with Crippen molar-refractivity contribution in [2.75, 3.05) is 26.7 Å². The number of carbonyl (C=O) groups excluding carboxylic acids is 4. The normalized spacial score (nSPS) is 12.1. The SMILES string of the molecule is CCCCC[C@H](NC(=O)[C@@H](CC(=O)OCc1ccccc1)Cc1ccccc1)C(=O)COc1c(F)c(F)c(C(=O)NCCNC)c(F)c1F. The predicted molar refractivity (Wildman–Crippen MR) is 174 cm³/mol. The lowest BCUT2D eigenvalue weighted by atomic mass is 9.94. The summed E-state index contributed by atoms with van der Waals surface area (Å²) in [5, 5.41) is 7.46. The number of benzene rings is 3. The monoisotopic (exact) mass is 687 g/mol. The molecule has 0 heterocycles. The van der Waals surface area contributed by atoms with Gasteiger partial charge in [-0.1, -0.05) is 86.8 Å². The second-order valence-electron chi connectivity index (χ2n) is 11.4. The molecule has 3 aromatic carbocycles. The first-order chi connectivity index (χ1) is 23.6. The van der Waals surface area contributed by atoms with E-state index in [-0.39, 0.29) is 39.0 Å². The number of ether oxygens (including phenoxy) is 2. The minimum atomic E-state index is -1.99. The number of ketones is 1. The maximum absolute atomic E-state index is 14.8. The smallest absolute Gasteiger partial charge is 0.306 e. The molecule has 3 N–H and O–H groups in total. The van der Waals surface area contributed by atoms with Gasteiger partial charge in [0.05, 0.1) is 18.4 Å². The first-order valence-corrected chi connectivity index (χ1v) is 16.0. The van der Waals surface area contributed by atoms with Gasteiger partial charge in [0, 0.05) is 13.1 Å². The number of esters is 1. The van der Waals surface area contributed by atoms with Crippen LogP contribution in [0, 0.1) is 29.2 Å². The highest BCUT2D eigenvalue weighted by Gasteiger charge is 2.32. The Hall–Kier alpha value is -4.78. The fraction of sp³-hybridized carbons (Fsp3) is 0.389. The maximum Gasteiger partial charge on any atom is 0.306 e. The van der Waals surface area contributed by atoms with Crippen LogP contribution in [0.15, 0.2) is 60.7 Å². The van der Waals surface area contributed by atoms with E-state index in [4.69, 9.17) is 9.47 Å². The van der Waals surface area contributed by atoms with Crippen molar-refractivity contribution >= 4 is 23.6 Å². The summed E-state index contributed by atoms with van der Waals surface area (Å²) in [6.45, 7) is 1.03. The van der Waals surface area contributed by atoms with E-state index in [0.29, 0.717) is 12.8 Å². The second-order valence-corrected chi connectivity index (χ2v) is 11.4. The number of hydrogen-bond donors (Lipinski definition) is 3. The van der Waals surface area contributed by atoms with E-state index in [2.05, 4.69) is 16.0 Å². The van der Waals surface area contributed by atoms with Crippen LogP contribution in [0.25, 0.3) is 0 Å². The molecule has 0 aliphatic carbocycles. The molecule has 0 bridgehead atoms. The Balaban J connectivity index is 1.76. The molecule has 0 aliphatic rings. The van der Waals surface area contributed by atoms with E-state index < -0.39 is 76.7 Å². The van der Waals surface area contributed by atoms with E-state index in [1.54, 1.807) is 61.6 Å². The minimum Gasteiger partial charge on any atom is -0.479 e. The predicted octanol–water partition coefficient (Wildman–Crippen LogP) is 5.20. The highest BCUT2D eigenvalue weighted by atomic mass is 19.2. The maximum atomic E-state index is 14.8. The summed E-state index contributed by atoms with van der Waals surface area (Å²) in [5.41, 5.74) is 0.0441. The lowest BCUT2D eigenvalue weighted by Crippen LogP contribution is -2.46. The highest BCUT2D eigenvalue weighted by molar-refractivity contribution is 5.95. The van der Waals surface area contributed by atoms with Crippen LogP contribution in [0.1, 0.15) is 60.5 Å². The number of nitrogens with one attached hydrogen (secondary N) is 3. The van der Waals surface area contributed by atoms with Crippen LogP contribution < -0.4 is 20.7 Å². The van der Waals surface area contributed by atoms with Crippen molar-refractivity contribution in [1.29, 1.82) is 0 Å². The van der Waals surface area contributed by atoms with Gasteiger partial charge < -0.3 is 25.4 Å². The summed E-state index contributed by atoms with van der Waals surface area (Å²) in [7, 11) is 1.56. The van der Waals surface area contributed by atoms with Gasteiger partial charge in [-0.05, 0) is 31.0 Å². The van der Waals surface area contributed by atoms with Gasteiger partial charge in [-0.15, -0.1) is 0 Å². The molecule has 0 saturated carbocycles. The summed E-state index contributed by atoms with van der Waals surface area (Å²) < 4.78 is 69.5. The van der Waals surface area contributed by atoms with Crippen molar-refractivity contribution in [2.45, 2.75) is 58.1 Å². The number of carbonyl (C=O) groups is 4. The fourth-order valence-electron chi connectivity index (χ4n) is 4.93. The number of hydrogen-bond acceptors (Lipinski definition) is 7. The molecule has 0 fully saturated rings. The Kier molecular flexibility index (Phi) is 15.7. The molecule has 3 aromatic rings. The average Bonchev–Trinajstić information content (AvgIpc) is 3.10. The number of amides is 2. The lowest BCUT2D eigenvalue weighted by molar-refractivity contribution is -0.148. The summed E-state index contributed by atoms with van der Waals surface area (Å²) in [4.78, 5) is 51.9. The first kappa shape index (κ1) is 38.7. The van der Waals surface area contributed by atoms with Crippen molar-refractivity contribution in [3.63, 3.8) is 0 Å². The Morgan fingerprint density at radius 3 is 2.00 bits per heavy atom. The largest absolute Gasteiger partial charge is 0.479 e. The van der Waals surface area contributed by atoms with E-state index >= 15 is 0 Å². The van der Waals surface area contributed by atoms with Gasteiger partial charge >= 0.3 is 5.97 Å². The molecule has 49 heavy (non-hydrogen) atoms. The van der Waals surface area contributed by atoms with E-state index in [1.165, 1.54) is 0 Å². The Morgan fingerprint density at radius 2 is 1.41 bits per heavy atom. The Labute approximate surface area is 282 Å². The van der Waals surface area contributed by atoms with Crippen molar-refractivity contribution in [3.8, 4) is 5.75 Å². The van der Waals surface area contributed by atoms with E-state index in [0.717, 1.165) is 17.5 Å². The molecule has 13 heteroatoms. The van der Waals surface area contributed by atoms with E-state index in [1.807, 2.05) is 13.0 Å². The molecule has 0 spiro atoms. The minimum absolute atomic E-state index is 0.00507. The zero-order valence-corrected chi connectivity index (χ0v) is 27.5. The molecule has 264 valence electrons. The van der Waals surface area contributed by atoms with Crippen LogP contribution in [0.2, 0.25) is 0 Å². The Bertz CT molecular complexity index is 1530. The molecular weight excluding hydrogens is 646 g/mol. The summed E-state index contributed by atoms with van der Waals surface area (Å²) in [5.74, 6) is -13.9. The molecule has 0 aliphatic heterocycles. The molecule has 0 radical (unpaired) electrons. The third kappa shape index (κ3) is 11.7. The number of halogens is 4. The highest BCUT2D eigenvalue weighted by Crippen LogP contribution is 2.30. The van der Waals surface area contributed by atoms with E-state index in [9.17, 15) is 36.7 Å². The molecule has 9 nitrogen and oxygen atoms in total. The van der Waals surface area contributed by atoms with Gasteiger partial charge in [0.1, 0.15) is 18.8 Å². The van der Waals surface area contributed by atoms with Crippen LogP contribution in [-0.4, -0.2) is 56.4 Å². The van der Waals surface area contributed by atoms with Gasteiger partial charge in [-0.25, -0.2) is 8.78 Å². The molecule has 0 aromatic heterocycles. The van der Waals surface area contributed by atoms with Crippen LogP contribution in [-0.2, 0) is 32.1 Å². The van der Waals surface area contributed by atoms with Crippen molar-refractivity contribution in [2.24, 2.45) is 5.92 Å². The zero-order valence-electron chi connectivity index (χ0n) is 27.5. The molecular formula is C36H41F4N3O6. The number of likely N-dealkylation sites (N-methyl/N-ethyl adjacent to an activating group) is 1. The summed E-state index contributed by atoms with van der Waals surface area (Å²) in [6.07, 6.45) is 1.92. The van der Waals surface area contributed by atoms with Crippen molar-refractivity contribution in [1.82, 2.24) is 16.0 Å². The molecule has 2 amide bonds. The lowest BCUT2D eigenvalue weighted by Gasteiger charge is -2.22. The fourth-order valence-corrected chi connectivity index (χ4v) is 4.93. The average molecular weight is 688 g/mol. The van der Waals surface area contributed by atoms with Crippen molar-refractivity contribution < 1.29 is 46.2 Å². The van der Waals surface area contributed by atoms with Crippen LogP contribution in [0.3, 0.4) is 0 Å². The van der Waals surface area contributed by atoms with Crippen LogP contribution >= 0.6 is 0 Å². The van der Waals surface area contributed by atoms with Crippen molar-refractivity contribution in [3.05, 3.63) is 101 Å². The van der Waals surface area contributed by atoms with Crippen LogP contribution in [0.4, 0.5) is 17.6 Å². The third-order valence-corrected chi connectivity index (χ3v) is 7.62. The van der Waals surface area contributed by atoms with Gasteiger partial charge in [0.25, 0.3) is 5.91 Å². The summed E-state index contributed by atoms with van der Waals surface area (Å²) >= 11 is 0. The van der Waals surface area contributed by atoms with Gasteiger partial charge in [-0.3, -0.25) is 19.2 Å². The first-order valence-electron chi connectivity index (χ1n) is 16.0. The van der Waals surface area contributed by atoms with Gasteiger partial charge in [0.15, 0.2) is 23.2 Å².